The van der Waals surface area contributed by atoms with Gasteiger partial charge in [-0.25, -0.2) is 19.3 Å². The third-order valence-corrected chi connectivity index (χ3v) is 3.20. The van der Waals surface area contributed by atoms with Gasteiger partial charge in [-0.05, 0) is 22.0 Å². The van der Waals surface area contributed by atoms with Gasteiger partial charge < -0.3 is 0 Å². The number of fused-ring (bicyclic) bond motifs is 1. The highest BCUT2D eigenvalue weighted by Crippen LogP contribution is 2.22. The van der Waals surface area contributed by atoms with Crippen LogP contribution in [0.1, 0.15) is 0 Å². The number of pyridine rings is 1. The minimum atomic E-state index is -0.369. The van der Waals surface area contributed by atoms with E-state index in [1.165, 1.54) is 6.07 Å². The molecule has 18 heavy (non-hydrogen) atoms. The minimum Gasteiger partial charge on any atom is -0.296 e. The van der Waals surface area contributed by atoms with Crippen LogP contribution >= 0.6 is 27.5 Å². The maximum Gasteiger partial charge on any atom is 0.179 e. The lowest BCUT2D eigenvalue weighted by Crippen LogP contribution is -1.94. The van der Waals surface area contributed by atoms with E-state index >= 15 is 0 Å². The van der Waals surface area contributed by atoms with Crippen molar-refractivity contribution in [1.29, 1.82) is 0 Å². The summed E-state index contributed by atoms with van der Waals surface area (Å²) in [5, 5.41) is 0.344. The fraction of sp³-hybridized carbons (Fsp3) is 0. The van der Waals surface area contributed by atoms with Gasteiger partial charge in [-0.3, -0.25) is 4.40 Å². The van der Waals surface area contributed by atoms with Gasteiger partial charge in [-0.1, -0.05) is 11.6 Å². The molecule has 0 amide bonds. The van der Waals surface area contributed by atoms with E-state index in [2.05, 4.69) is 30.9 Å². The first-order chi connectivity index (χ1) is 8.65. The molecule has 4 nitrogen and oxygen atoms in total. The van der Waals surface area contributed by atoms with Gasteiger partial charge in [0, 0.05) is 18.5 Å². The highest BCUT2D eigenvalue weighted by Gasteiger charge is 2.11. The normalized spacial score (nSPS) is 11.1. The lowest BCUT2D eigenvalue weighted by molar-refractivity contribution is 0.619. The fourth-order valence-corrected chi connectivity index (χ4v) is 2.06. The van der Waals surface area contributed by atoms with Gasteiger partial charge in [0.05, 0.1) is 10.7 Å². The van der Waals surface area contributed by atoms with E-state index in [0.29, 0.717) is 26.8 Å². The van der Waals surface area contributed by atoms with Gasteiger partial charge in [-0.2, -0.15) is 0 Å². The van der Waals surface area contributed by atoms with Crippen LogP contribution in [0.3, 0.4) is 0 Å². The Labute approximate surface area is 115 Å². The summed E-state index contributed by atoms with van der Waals surface area (Å²) in [6, 6.07) is 2.92. The molecule has 0 aromatic carbocycles. The zero-order chi connectivity index (χ0) is 12.7. The minimum absolute atomic E-state index is 0.344. The Morgan fingerprint density at radius 3 is 2.94 bits per heavy atom. The number of halogens is 3. The second-order valence-electron chi connectivity index (χ2n) is 3.54. The predicted molar refractivity (Wildman–Crippen MR) is 68.9 cm³/mol. The smallest absolute Gasteiger partial charge is 0.179 e. The molecule has 0 atom stereocenters. The Hall–Kier alpha value is -1.53. The van der Waals surface area contributed by atoms with Crippen LogP contribution in [0, 0.1) is 5.82 Å². The van der Waals surface area contributed by atoms with Crippen molar-refractivity contribution in [2.45, 2.75) is 0 Å². The van der Waals surface area contributed by atoms with Crippen LogP contribution in [-0.2, 0) is 0 Å². The van der Waals surface area contributed by atoms with Crippen molar-refractivity contribution in [2.24, 2.45) is 0 Å². The molecule has 3 aromatic heterocycles. The summed E-state index contributed by atoms with van der Waals surface area (Å²) in [6.45, 7) is 0. The summed E-state index contributed by atoms with van der Waals surface area (Å²) >= 11 is 8.95. The Bertz CT molecular complexity index is 743. The summed E-state index contributed by atoms with van der Waals surface area (Å²) in [5.41, 5.74) is 1.13. The van der Waals surface area contributed by atoms with Crippen molar-refractivity contribution in [3.8, 4) is 11.5 Å². The van der Waals surface area contributed by atoms with Gasteiger partial charge in [0.25, 0.3) is 0 Å². The maximum atomic E-state index is 13.4. The highest BCUT2D eigenvalue weighted by atomic mass is 79.9. The van der Waals surface area contributed by atoms with Crippen molar-refractivity contribution in [3.63, 3.8) is 0 Å². The molecule has 7 heteroatoms. The quantitative estimate of drug-likeness (QED) is 0.644. The molecule has 0 unspecified atom stereocenters. The first-order valence-corrected chi connectivity index (χ1v) is 6.13. The Kier molecular flexibility index (Phi) is 2.76. The van der Waals surface area contributed by atoms with Crippen LogP contribution in [0.2, 0.25) is 5.15 Å². The number of aromatic nitrogens is 4. The molecule has 0 radical (unpaired) electrons. The summed E-state index contributed by atoms with van der Waals surface area (Å²) < 4.78 is 15.4. The topological polar surface area (TPSA) is 43.1 Å². The van der Waals surface area contributed by atoms with E-state index in [1.807, 2.05) is 0 Å². The second-order valence-corrected chi connectivity index (χ2v) is 4.79. The molecule has 0 saturated carbocycles. The monoisotopic (exact) mass is 326 g/mol. The van der Waals surface area contributed by atoms with Crippen LogP contribution in [0.25, 0.3) is 17.2 Å². The van der Waals surface area contributed by atoms with Crippen LogP contribution in [0.5, 0.6) is 0 Å². The molecule has 0 aliphatic rings. The predicted octanol–water partition coefficient (Wildman–Crippen LogP) is 3.35. The van der Waals surface area contributed by atoms with E-state index < -0.39 is 0 Å². The van der Waals surface area contributed by atoms with Crippen molar-refractivity contribution in [1.82, 2.24) is 19.4 Å². The lowest BCUT2D eigenvalue weighted by atomic mass is 10.4. The van der Waals surface area contributed by atoms with Gasteiger partial charge >= 0.3 is 0 Å². The van der Waals surface area contributed by atoms with E-state index in [0.717, 1.165) is 0 Å². The summed E-state index contributed by atoms with van der Waals surface area (Å²) in [5.74, 6) is 0.0696. The number of rotatable bonds is 1. The summed E-state index contributed by atoms with van der Waals surface area (Å²) in [7, 11) is 0. The number of hydrogen-bond donors (Lipinski definition) is 0. The molecular formula is C11H5BrClFN4. The van der Waals surface area contributed by atoms with Crippen LogP contribution in [0.4, 0.5) is 4.39 Å². The lowest BCUT2D eigenvalue weighted by Gasteiger charge is -2.02. The third kappa shape index (κ3) is 1.87. The molecular weight excluding hydrogens is 323 g/mol. The fourth-order valence-electron chi connectivity index (χ4n) is 1.60. The number of imidazole rings is 1. The maximum absolute atomic E-state index is 13.4. The Balaban J connectivity index is 2.27. The molecule has 3 aromatic rings. The van der Waals surface area contributed by atoms with E-state index in [-0.39, 0.29) is 5.82 Å². The molecule has 0 aliphatic heterocycles. The van der Waals surface area contributed by atoms with Crippen molar-refractivity contribution < 1.29 is 4.39 Å². The first-order valence-electron chi connectivity index (χ1n) is 4.96. The van der Waals surface area contributed by atoms with Crippen LogP contribution in [-0.4, -0.2) is 19.4 Å². The first kappa shape index (κ1) is 11.6. The summed E-state index contributed by atoms with van der Waals surface area (Å²) in [6.07, 6.45) is 4.72. The molecule has 0 spiro atoms. The highest BCUT2D eigenvalue weighted by molar-refractivity contribution is 9.10. The van der Waals surface area contributed by atoms with Crippen molar-refractivity contribution >= 4 is 33.2 Å². The van der Waals surface area contributed by atoms with Crippen LogP contribution < -0.4 is 0 Å². The SMILES string of the molecule is Fc1cc2ncc(-c3nccc(Cl)n3)n2cc1Br. The molecule has 0 fully saturated rings. The molecule has 0 bridgehead atoms. The third-order valence-electron chi connectivity index (χ3n) is 2.40. The van der Waals surface area contributed by atoms with Gasteiger partial charge in [0.1, 0.15) is 22.3 Å². The zero-order valence-corrected chi connectivity index (χ0v) is 11.2. The Morgan fingerprint density at radius 1 is 1.33 bits per heavy atom. The largest absolute Gasteiger partial charge is 0.296 e. The average Bonchev–Trinajstić information content (AvgIpc) is 2.73. The summed E-state index contributed by atoms with van der Waals surface area (Å²) in [4.78, 5) is 12.3. The van der Waals surface area contributed by atoms with Gasteiger partial charge in [-0.15, -0.1) is 0 Å². The zero-order valence-electron chi connectivity index (χ0n) is 8.81. The molecule has 3 rings (SSSR count). The van der Waals surface area contributed by atoms with Gasteiger partial charge in [0.2, 0.25) is 0 Å². The van der Waals surface area contributed by atoms with E-state index in [9.17, 15) is 4.39 Å². The van der Waals surface area contributed by atoms with E-state index in [1.54, 1.807) is 29.1 Å². The molecule has 3 heterocycles. The molecule has 90 valence electrons. The molecule has 0 N–H and O–H groups in total. The second kappa shape index (κ2) is 4.29. The van der Waals surface area contributed by atoms with Crippen LogP contribution in [0.15, 0.2) is 35.2 Å². The standard InChI is InChI=1S/C11H5BrClFN4/c12-6-5-18-8(4-16-10(18)3-7(6)14)11-15-2-1-9(13)17-11/h1-5H. The van der Waals surface area contributed by atoms with Crippen molar-refractivity contribution in [2.75, 3.05) is 0 Å². The Morgan fingerprint density at radius 2 is 2.17 bits per heavy atom. The number of nitrogens with zero attached hydrogens (tertiary/aromatic N) is 4. The van der Waals surface area contributed by atoms with E-state index in [4.69, 9.17) is 11.6 Å². The van der Waals surface area contributed by atoms with Crippen molar-refractivity contribution in [3.05, 3.63) is 46.2 Å². The van der Waals surface area contributed by atoms with Gasteiger partial charge in [0.15, 0.2) is 5.82 Å². The molecule has 0 aliphatic carbocycles. The number of hydrogen-bond acceptors (Lipinski definition) is 3. The average molecular weight is 328 g/mol. The molecule has 0 saturated heterocycles.